The molecular weight excluding hydrogens is 406 g/mol. The fourth-order valence-electron chi connectivity index (χ4n) is 3.91. The Bertz CT molecular complexity index is 1280. The third-order valence-corrected chi connectivity index (χ3v) is 5.57. The van der Waals surface area contributed by atoms with Gasteiger partial charge in [0.05, 0.1) is 18.2 Å². The zero-order valence-electron chi connectivity index (χ0n) is 17.4. The van der Waals surface area contributed by atoms with Crippen molar-refractivity contribution < 1.29 is 24.1 Å². The van der Waals surface area contributed by atoms with Crippen LogP contribution in [0, 0.1) is 0 Å². The summed E-state index contributed by atoms with van der Waals surface area (Å²) in [6, 6.07) is 18.6. The highest BCUT2D eigenvalue weighted by Gasteiger charge is 2.38. The number of methoxy groups -OCH3 is 1. The predicted molar refractivity (Wildman–Crippen MR) is 121 cm³/mol. The quantitative estimate of drug-likeness (QED) is 0.614. The molecule has 6 heteroatoms. The average molecular weight is 427 g/mol. The molecule has 3 aromatic rings. The monoisotopic (exact) mass is 427 g/mol. The van der Waals surface area contributed by atoms with E-state index in [1.165, 1.54) is 7.11 Å². The molecule has 0 aromatic heterocycles. The first-order valence-electron chi connectivity index (χ1n) is 10.3. The number of allylic oxidation sites excluding steroid dienone is 2. The van der Waals surface area contributed by atoms with Gasteiger partial charge in [-0.1, -0.05) is 48.5 Å². The number of carbonyl (C=O) groups excluding carboxylic acids is 1. The molecule has 160 valence electrons. The zero-order chi connectivity index (χ0) is 22.1. The number of ether oxygens (including phenoxy) is 3. The molecule has 32 heavy (non-hydrogen) atoms. The van der Waals surface area contributed by atoms with Crippen molar-refractivity contribution in [2.45, 2.75) is 18.8 Å². The number of phenolic OH excluding ortho intramolecular Hbond substituents is 1. The molecule has 3 aromatic carbocycles. The van der Waals surface area contributed by atoms with Gasteiger partial charge in [-0.15, -0.1) is 0 Å². The van der Waals surface area contributed by atoms with Gasteiger partial charge in [0.25, 0.3) is 0 Å². The summed E-state index contributed by atoms with van der Waals surface area (Å²) < 4.78 is 16.7. The summed E-state index contributed by atoms with van der Waals surface area (Å²) >= 11 is 0. The number of hydrogen-bond acceptors (Lipinski definition) is 6. The molecule has 2 atom stereocenters. The van der Waals surface area contributed by atoms with Gasteiger partial charge in [-0.3, -0.25) is 0 Å². The van der Waals surface area contributed by atoms with Crippen LogP contribution < -0.4 is 4.74 Å². The van der Waals surface area contributed by atoms with E-state index in [4.69, 9.17) is 14.2 Å². The van der Waals surface area contributed by atoms with Crippen LogP contribution in [0.3, 0.4) is 0 Å². The normalized spacial score (nSPS) is 19.0. The lowest BCUT2D eigenvalue weighted by molar-refractivity contribution is -0.136. The van der Waals surface area contributed by atoms with Gasteiger partial charge in [-0.25, -0.2) is 9.79 Å². The maximum absolute atomic E-state index is 12.1. The largest absolute Gasteiger partial charge is 0.506 e. The van der Waals surface area contributed by atoms with Gasteiger partial charge < -0.3 is 19.3 Å². The van der Waals surface area contributed by atoms with Crippen LogP contribution in [0.1, 0.15) is 11.1 Å². The van der Waals surface area contributed by atoms with Crippen LogP contribution in [-0.2, 0) is 20.9 Å². The molecule has 0 radical (unpaired) electrons. The van der Waals surface area contributed by atoms with Crippen LogP contribution in [0.2, 0.25) is 0 Å². The molecule has 5 rings (SSSR count). The first-order chi connectivity index (χ1) is 15.6. The Kier molecular flexibility index (Phi) is 5.11. The number of esters is 1. The summed E-state index contributed by atoms with van der Waals surface area (Å²) in [6.45, 7) is 0.432. The third-order valence-electron chi connectivity index (χ3n) is 5.57. The minimum absolute atomic E-state index is 0.0534. The van der Waals surface area contributed by atoms with Crippen LogP contribution in [0.25, 0.3) is 10.8 Å². The molecule has 1 aliphatic heterocycles. The van der Waals surface area contributed by atoms with E-state index in [9.17, 15) is 9.90 Å². The van der Waals surface area contributed by atoms with Crippen LogP contribution in [0.15, 0.2) is 89.5 Å². The van der Waals surface area contributed by atoms with Gasteiger partial charge in [-0.05, 0) is 41.3 Å². The Labute approximate surface area is 185 Å². The standard InChI is InChI=1S/C26H21NO5/c1-30-26(29)19-8-5-9-22-23(19)27-25(32-22)20-13-11-17-10-12-18(14-21(17)24(20)28)31-15-16-6-3-2-4-7-16/h2-14,22-23,28H,15H2,1H3. The van der Waals surface area contributed by atoms with E-state index in [0.717, 1.165) is 10.9 Å². The van der Waals surface area contributed by atoms with Crippen molar-refractivity contribution in [2.24, 2.45) is 4.99 Å². The van der Waals surface area contributed by atoms with E-state index in [2.05, 4.69) is 4.99 Å². The summed E-state index contributed by atoms with van der Waals surface area (Å²) in [7, 11) is 1.34. The highest BCUT2D eigenvalue weighted by molar-refractivity contribution is 6.05. The lowest BCUT2D eigenvalue weighted by atomic mass is 9.97. The highest BCUT2D eigenvalue weighted by atomic mass is 16.5. The molecular formula is C26H21NO5. The summed E-state index contributed by atoms with van der Waals surface area (Å²) in [6.07, 6.45) is 4.85. The predicted octanol–water partition coefficient (Wildman–Crippen LogP) is 4.31. The van der Waals surface area contributed by atoms with Crippen molar-refractivity contribution in [3.05, 3.63) is 95.6 Å². The Hall–Kier alpha value is -4.06. The van der Waals surface area contributed by atoms with Crippen LogP contribution in [0.4, 0.5) is 0 Å². The number of carbonyl (C=O) groups is 1. The summed E-state index contributed by atoms with van der Waals surface area (Å²) in [5.74, 6) is 0.547. The average Bonchev–Trinajstić information content (AvgIpc) is 3.27. The second-order valence-electron chi connectivity index (χ2n) is 7.58. The van der Waals surface area contributed by atoms with Gasteiger partial charge in [0.15, 0.2) is 0 Å². The van der Waals surface area contributed by atoms with Crippen molar-refractivity contribution in [2.75, 3.05) is 7.11 Å². The van der Waals surface area contributed by atoms with Crippen molar-refractivity contribution in [3.8, 4) is 11.5 Å². The van der Waals surface area contributed by atoms with Crippen molar-refractivity contribution in [1.82, 2.24) is 0 Å². The number of benzene rings is 3. The molecule has 0 spiro atoms. The summed E-state index contributed by atoms with van der Waals surface area (Å²) in [5, 5.41) is 12.5. The maximum atomic E-state index is 12.1. The Balaban J connectivity index is 1.45. The van der Waals surface area contributed by atoms with Crippen LogP contribution in [0.5, 0.6) is 11.5 Å². The van der Waals surface area contributed by atoms with E-state index in [1.54, 1.807) is 24.3 Å². The third kappa shape index (κ3) is 3.60. The van der Waals surface area contributed by atoms with E-state index in [1.807, 2.05) is 54.6 Å². The number of fused-ring (bicyclic) bond motifs is 2. The SMILES string of the molecule is COC(=O)C1=CC=CC2OC(c3ccc4ccc(OCc5ccccc5)cc4c3O)=NC12. The first kappa shape index (κ1) is 19.9. The molecule has 0 fully saturated rings. The Morgan fingerprint density at radius 2 is 1.94 bits per heavy atom. The van der Waals surface area contributed by atoms with E-state index >= 15 is 0 Å². The summed E-state index contributed by atoms with van der Waals surface area (Å²) in [4.78, 5) is 16.7. The van der Waals surface area contributed by atoms with Gasteiger partial charge in [0, 0.05) is 5.39 Å². The maximum Gasteiger partial charge on any atom is 0.336 e. The fraction of sp³-hybridized carbons (Fsp3) is 0.154. The van der Waals surface area contributed by atoms with Gasteiger partial charge >= 0.3 is 5.97 Å². The molecule has 1 heterocycles. The minimum atomic E-state index is -0.502. The molecule has 1 N–H and O–H groups in total. The van der Waals surface area contributed by atoms with Gasteiger partial charge in [0.1, 0.15) is 30.3 Å². The molecule has 0 saturated carbocycles. The van der Waals surface area contributed by atoms with E-state index < -0.39 is 18.1 Å². The second-order valence-corrected chi connectivity index (χ2v) is 7.58. The molecule has 1 aliphatic carbocycles. The minimum Gasteiger partial charge on any atom is -0.506 e. The number of hydrogen-bond donors (Lipinski definition) is 1. The molecule has 2 aliphatic rings. The molecule has 0 bridgehead atoms. The summed E-state index contributed by atoms with van der Waals surface area (Å²) in [5.41, 5.74) is 1.95. The molecule has 0 amide bonds. The van der Waals surface area contributed by atoms with Crippen molar-refractivity contribution in [1.29, 1.82) is 0 Å². The second kappa shape index (κ2) is 8.23. The van der Waals surface area contributed by atoms with Crippen molar-refractivity contribution in [3.63, 3.8) is 0 Å². The van der Waals surface area contributed by atoms with E-state index in [-0.39, 0.29) is 11.6 Å². The molecule has 2 unspecified atom stereocenters. The number of phenols is 1. The Morgan fingerprint density at radius 3 is 2.75 bits per heavy atom. The zero-order valence-corrected chi connectivity index (χ0v) is 17.4. The lowest BCUT2D eigenvalue weighted by Gasteiger charge is -2.18. The lowest BCUT2D eigenvalue weighted by Crippen LogP contribution is -2.28. The number of nitrogens with zero attached hydrogens (tertiary/aromatic N) is 1. The number of rotatable bonds is 5. The Morgan fingerprint density at radius 1 is 1.12 bits per heavy atom. The van der Waals surface area contributed by atoms with Gasteiger partial charge in [0.2, 0.25) is 5.90 Å². The van der Waals surface area contributed by atoms with Crippen LogP contribution >= 0.6 is 0 Å². The number of aromatic hydroxyl groups is 1. The molecule has 0 saturated heterocycles. The van der Waals surface area contributed by atoms with Gasteiger partial charge in [-0.2, -0.15) is 0 Å². The first-order valence-corrected chi connectivity index (χ1v) is 10.3. The smallest absolute Gasteiger partial charge is 0.336 e. The van der Waals surface area contributed by atoms with E-state index in [0.29, 0.717) is 28.9 Å². The molecule has 6 nitrogen and oxygen atoms in total. The van der Waals surface area contributed by atoms with Crippen LogP contribution in [-0.4, -0.2) is 36.2 Å². The van der Waals surface area contributed by atoms with Crippen molar-refractivity contribution >= 4 is 22.6 Å². The number of aliphatic imine (C=N–C) groups is 1. The topological polar surface area (TPSA) is 77.4 Å². The fourth-order valence-corrected chi connectivity index (χ4v) is 3.91. The highest BCUT2D eigenvalue weighted by Crippen LogP contribution is 2.36.